The average Bonchev–Trinajstić information content (AvgIpc) is 2.18. The smallest absolute Gasteiger partial charge is 0.387 e. The van der Waals surface area contributed by atoms with E-state index < -0.39 is 35.7 Å². The van der Waals surface area contributed by atoms with Gasteiger partial charge >= 0.3 is 6.61 Å². The molecule has 0 amide bonds. The highest BCUT2D eigenvalue weighted by atomic mass is 19.3. The predicted molar refractivity (Wildman–Crippen MR) is 52.4 cm³/mol. The Morgan fingerprint density at radius 3 is 2.29 bits per heavy atom. The van der Waals surface area contributed by atoms with Gasteiger partial charge in [0.25, 0.3) is 6.43 Å². The standard InChI is InChI=1S/C10H9F4NO2/c1-4(16)7-6(17-10(13)14)3-2-5(15)8(7)9(11)12/h2-3,9-10H,15H2,1H3. The molecule has 2 N–H and O–H groups in total. The summed E-state index contributed by atoms with van der Waals surface area (Å²) in [7, 11) is 0. The number of nitrogen functional groups attached to an aromatic ring is 1. The van der Waals surface area contributed by atoms with Gasteiger partial charge in [-0.2, -0.15) is 8.78 Å². The second-order valence-electron chi connectivity index (χ2n) is 3.18. The zero-order valence-electron chi connectivity index (χ0n) is 8.72. The van der Waals surface area contributed by atoms with Gasteiger partial charge in [-0.3, -0.25) is 4.79 Å². The third-order valence-electron chi connectivity index (χ3n) is 2.03. The van der Waals surface area contributed by atoms with Crippen LogP contribution in [-0.4, -0.2) is 12.4 Å². The van der Waals surface area contributed by atoms with Crippen molar-refractivity contribution in [1.82, 2.24) is 0 Å². The van der Waals surface area contributed by atoms with Gasteiger partial charge in [-0.1, -0.05) is 0 Å². The monoisotopic (exact) mass is 251 g/mol. The quantitative estimate of drug-likeness (QED) is 0.508. The first kappa shape index (κ1) is 13.3. The third kappa shape index (κ3) is 2.86. The second-order valence-corrected chi connectivity index (χ2v) is 3.18. The van der Waals surface area contributed by atoms with Crippen LogP contribution in [0.2, 0.25) is 0 Å². The lowest BCUT2D eigenvalue weighted by molar-refractivity contribution is -0.0503. The summed E-state index contributed by atoms with van der Waals surface area (Å²) in [6.45, 7) is -2.24. The minimum atomic E-state index is -3.21. The van der Waals surface area contributed by atoms with Crippen molar-refractivity contribution in [3.8, 4) is 5.75 Å². The average molecular weight is 251 g/mol. The van der Waals surface area contributed by atoms with Crippen molar-refractivity contribution in [2.24, 2.45) is 0 Å². The van der Waals surface area contributed by atoms with Crippen molar-refractivity contribution in [2.75, 3.05) is 5.73 Å². The van der Waals surface area contributed by atoms with Gasteiger partial charge in [0.15, 0.2) is 5.78 Å². The van der Waals surface area contributed by atoms with Gasteiger partial charge in [0.1, 0.15) is 5.75 Å². The molecule has 1 aromatic rings. The first-order valence-corrected chi connectivity index (χ1v) is 4.50. The number of nitrogens with two attached hydrogens (primary N) is 1. The molecule has 17 heavy (non-hydrogen) atoms. The van der Waals surface area contributed by atoms with E-state index in [9.17, 15) is 22.4 Å². The van der Waals surface area contributed by atoms with Gasteiger partial charge in [0, 0.05) is 5.69 Å². The summed E-state index contributed by atoms with van der Waals surface area (Å²) < 4.78 is 53.5. The van der Waals surface area contributed by atoms with Crippen LogP contribution in [0.25, 0.3) is 0 Å². The molecule has 0 aliphatic rings. The lowest BCUT2D eigenvalue weighted by Gasteiger charge is -2.14. The Labute approximate surface area is 94.2 Å². The Bertz CT molecular complexity index is 435. The highest BCUT2D eigenvalue weighted by molar-refractivity contribution is 5.99. The van der Waals surface area contributed by atoms with E-state index in [2.05, 4.69) is 4.74 Å². The van der Waals surface area contributed by atoms with Crippen LogP contribution in [0.5, 0.6) is 5.75 Å². The van der Waals surface area contributed by atoms with Crippen LogP contribution in [-0.2, 0) is 0 Å². The van der Waals surface area contributed by atoms with Crippen LogP contribution in [0.15, 0.2) is 12.1 Å². The number of alkyl halides is 4. The van der Waals surface area contributed by atoms with Crippen molar-refractivity contribution >= 4 is 11.5 Å². The van der Waals surface area contributed by atoms with E-state index in [1.54, 1.807) is 0 Å². The molecule has 0 saturated carbocycles. The molecule has 0 aliphatic heterocycles. The first-order valence-electron chi connectivity index (χ1n) is 4.50. The minimum Gasteiger partial charge on any atom is -0.434 e. The van der Waals surface area contributed by atoms with E-state index >= 15 is 0 Å². The normalized spacial score (nSPS) is 11.0. The largest absolute Gasteiger partial charge is 0.434 e. The summed E-state index contributed by atoms with van der Waals surface area (Å²) in [5.41, 5.74) is 3.55. The number of anilines is 1. The van der Waals surface area contributed by atoms with Crippen LogP contribution in [0, 0.1) is 0 Å². The van der Waals surface area contributed by atoms with Gasteiger partial charge < -0.3 is 10.5 Å². The molecule has 0 heterocycles. The fourth-order valence-electron chi connectivity index (χ4n) is 1.41. The van der Waals surface area contributed by atoms with Crippen molar-refractivity contribution in [3.05, 3.63) is 23.3 Å². The van der Waals surface area contributed by atoms with E-state index in [0.29, 0.717) is 0 Å². The number of Topliss-reactive ketones (excluding diaryl/α,β-unsaturated/α-hetero) is 1. The number of ether oxygens (including phenoxy) is 1. The highest BCUT2D eigenvalue weighted by Gasteiger charge is 2.24. The van der Waals surface area contributed by atoms with E-state index in [4.69, 9.17) is 5.73 Å². The lowest BCUT2D eigenvalue weighted by atomic mass is 10.0. The van der Waals surface area contributed by atoms with E-state index in [-0.39, 0.29) is 5.69 Å². The van der Waals surface area contributed by atoms with Gasteiger partial charge in [-0.15, -0.1) is 0 Å². The molecule has 94 valence electrons. The zero-order chi connectivity index (χ0) is 13.2. The van der Waals surface area contributed by atoms with Crippen molar-refractivity contribution in [3.63, 3.8) is 0 Å². The number of hydrogen-bond acceptors (Lipinski definition) is 3. The summed E-state index contributed by atoms with van der Waals surface area (Å²) in [6, 6.07) is 1.95. The van der Waals surface area contributed by atoms with Gasteiger partial charge in [-0.05, 0) is 19.1 Å². The van der Waals surface area contributed by atoms with E-state index in [1.807, 2.05) is 0 Å². The lowest BCUT2D eigenvalue weighted by Crippen LogP contribution is -2.11. The van der Waals surface area contributed by atoms with Crippen molar-refractivity contribution < 1.29 is 27.1 Å². The fourth-order valence-corrected chi connectivity index (χ4v) is 1.41. The first-order chi connectivity index (χ1) is 7.84. The topological polar surface area (TPSA) is 52.3 Å². The maximum absolute atomic E-state index is 12.7. The summed E-state index contributed by atoms with van der Waals surface area (Å²) >= 11 is 0. The Balaban J connectivity index is 3.42. The van der Waals surface area contributed by atoms with E-state index in [0.717, 1.165) is 19.1 Å². The van der Waals surface area contributed by atoms with Crippen LogP contribution in [0.1, 0.15) is 29.3 Å². The number of carbonyl (C=O) groups is 1. The van der Waals surface area contributed by atoms with Gasteiger partial charge in [-0.25, -0.2) is 8.78 Å². The molecule has 0 saturated heterocycles. The molecule has 3 nitrogen and oxygen atoms in total. The van der Waals surface area contributed by atoms with Gasteiger partial charge in [0.05, 0.1) is 11.1 Å². The van der Waals surface area contributed by atoms with Crippen LogP contribution >= 0.6 is 0 Å². The summed E-state index contributed by atoms with van der Waals surface area (Å²) in [4.78, 5) is 11.2. The molecule has 0 radical (unpaired) electrons. The number of benzene rings is 1. The molecule has 0 atom stereocenters. The Morgan fingerprint density at radius 1 is 1.29 bits per heavy atom. The Kier molecular flexibility index (Phi) is 3.93. The molecule has 0 fully saturated rings. The summed E-state index contributed by atoms with van der Waals surface area (Å²) in [5.74, 6) is -1.42. The summed E-state index contributed by atoms with van der Waals surface area (Å²) in [5, 5.41) is 0. The number of halogens is 4. The number of ketones is 1. The fraction of sp³-hybridized carbons (Fsp3) is 0.300. The van der Waals surface area contributed by atoms with Crippen molar-refractivity contribution in [1.29, 1.82) is 0 Å². The maximum atomic E-state index is 12.7. The molecule has 0 bridgehead atoms. The molecule has 0 unspecified atom stereocenters. The molecule has 0 aromatic heterocycles. The molecule has 0 aliphatic carbocycles. The molecule has 1 aromatic carbocycles. The Hall–Kier alpha value is -1.79. The SMILES string of the molecule is CC(=O)c1c(OC(F)F)ccc(N)c1C(F)F. The maximum Gasteiger partial charge on any atom is 0.387 e. The molecule has 1 rings (SSSR count). The third-order valence-corrected chi connectivity index (χ3v) is 2.03. The van der Waals surface area contributed by atoms with Crippen LogP contribution in [0.3, 0.4) is 0 Å². The number of rotatable bonds is 4. The minimum absolute atomic E-state index is 0.341. The predicted octanol–water partition coefficient (Wildman–Crippen LogP) is 3.01. The highest BCUT2D eigenvalue weighted by Crippen LogP contribution is 2.35. The zero-order valence-corrected chi connectivity index (χ0v) is 8.72. The molecular weight excluding hydrogens is 242 g/mol. The van der Waals surface area contributed by atoms with Crippen molar-refractivity contribution in [2.45, 2.75) is 20.0 Å². The second kappa shape index (κ2) is 5.03. The van der Waals surface area contributed by atoms with E-state index in [1.165, 1.54) is 0 Å². The molecule has 7 heteroatoms. The molecular formula is C10H9F4NO2. The van der Waals surface area contributed by atoms with Crippen LogP contribution in [0.4, 0.5) is 23.2 Å². The number of carbonyl (C=O) groups excluding carboxylic acids is 1. The molecule has 0 spiro atoms. The Morgan fingerprint density at radius 2 is 1.88 bits per heavy atom. The van der Waals surface area contributed by atoms with Crippen LogP contribution < -0.4 is 10.5 Å². The summed E-state index contributed by atoms with van der Waals surface area (Å²) in [6.07, 6.45) is -3.05. The number of hydrogen-bond donors (Lipinski definition) is 1. The van der Waals surface area contributed by atoms with Gasteiger partial charge in [0.2, 0.25) is 0 Å².